The van der Waals surface area contributed by atoms with Crippen molar-refractivity contribution < 1.29 is 23.5 Å². The van der Waals surface area contributed by atoms with E-state index in [0.717, 1.165) is 0 Å². The van der Waals surface area contributed by atoms with Crippen molar-refractivity contribution in [2.75, 3.05) is 12.0 Å². The van der Waals surface area contributed by atoms with Gasteiger partial charge in [0, 0.05) is 11.2 Å². The third-order valence-corrected chi connectivity index (χ3v) is 5.73. The number of nitrogens with one attached hydrogen (secondary N) is 1. The van der Waals surface area contributed by atoms with Crippen molar-refractivity contribution in [2.24, 2.45) is 0 Å². The van der Waals surface area contributed by atoms with Crippen LogP contribution in [0.4, 0.5) is 10.1 Å². The van der Waals surface area contributed by atoms with Crippen molar-refractivity contribution in [3.8, 4) is 0 Å². The zero-order valence-corrected chi connectivity index (χ0v) is 21.5. The molecule has 0 saturated carbocycles. The lowest BCUT2D eigenvalue weighted by molar-refractivity contribution is -0.128. The Morgan fingerprint density at radius 2 is 1.66 bits per heavy atom. The SMILES string of the molecule is COC(=O)c1ccc(C(C(=O)NC(C)(C)C)N(C(=O)Cn2nnc3ccccc32)c2ccc(F)cc2)cc1. The summed E-state index contributed by atoms with van der Waals surface area (Å²) in [6.45, 7) is 5.26. The molecule has 1 atom stereocenters. The summed E-state index contributed by atoms with van der Waals surface area (Å²) < 4.78 is 20.1. The zero-order chi connectivity index (χ0) is 27.4. The van der Waals surface area contributed by atoms with Gasteiger partial charge in [-0.25, -0.2) is 13.9 Å². The highest BCUT2D eigenvalue weighted by atomic mass is 19.1. The zero-order valence-electron chi connectivity index (χ0n) is 21.5. The number of nitrogens with zero attached hydrogens (tertiary/aromatic N) is 4. The van der Waals surface area contributed by atoms with E-state index in [0.29, 0.717) is 27.8 Å². The van der Waals surface area contributed by atoms with E-state index >= 15 is 0 Å². The van der Waals surface area contributed by atoms with Gasteiger partial charge in [0.1, 0.15) is 23.9 Å². The first-order valence-corrected chi connectivity index (χ1v) is 11.9. The van der Waals surface area contributed by atoms with Crippen LogP contribution >= 0.6 is 0 Å². The Morgan fingerprint density at radius 3 is 2.29 bits per heavy atom. The van der Waals surface area contributed by atoms with Crippen LogP contribution in [0.3, 0.4) is 0 Å². The Hall–Kier alpha value is -4.60. The maximum Gasteiger partial charge on any atom is 0.337 e. The van der Waals surface area contributed by atoms with Crippen LogP contribution < -0.4 is 10.2 Å². The average molecular weight is 518 g/mol. The number of benzene rings is 3. The van der Waals surface area contributed by atoms with Gasteiger partial charge in [0.15, 0.2) is 0 Å². The highest BCUT2D eigenvalue weighted by Gasteiger charge is 2.35. The fourth-order valence-electron chi connectivity index (χ4n) is 4.05. The summed E-state index contributed by atoms with van der Waals surface area (Å²) in [5, 5.41) is 11.2. The number of halogens is 1. The average Bonchev–Trinajstić information content (AvgIpc) is 3.29. The molecule has 1 unspecified atom stereocenters. The third-order valence-electron chi connectivity index (χ3n) is 5.73. The molecule has 1 aromatic heterocycles. The monoisotopic (exact) mass is 517 g/mol. The number of anilines is 1. The maximum atomic E-state index is 13.9. The van der Waals surface area contributed by atoms with E-state index in [4.69, 9.17) is 4.74 Å². The molecule has 2 amide bonds. The molecule has 4 aromatic rings. The normalized spacial score (nSPS) is 12.1. The molecule has 0 bridgehead atoms. The van der Waals surface area contributed by atoms with Crippen LogP contribution in [0.5, 0.6) is 0 Å². The first-order valence-electron chi connectivity index (χ1n) is 11.9. The second-order valence-corrected chi connectivity index (χ2v) is 9.73. The number of aromatic nitrogens is 3. The molecule has 38 heavy (non-hydrogen) atoms. The van der Waals surface area contributed by atoms with Gasteiger partial charge < -0.3 is 10.1 Å². The van der Waals surface area contributed by atoms with E-state index in [-0.39, 0.29) is 6.54 Å². The first kappa shape index (κ1) is 26.5. The summed E-state index contributed by atoms with van der Waals surface area (Å²) in [7, 11) is 1.28. The molecule has 1 heterocycles. The minimum absolute atomic E-state index is 0.225. The largest absolute Gasteiger partial charge is 0.465 e. The molecular formula is C28H28FN5O4. The molecule has 9 nitrogen and oxygen atoms in total. The van der Waals surface area contributed by atoms with Gasteiger partial charge in [0.05, 0.1) is 18.2 Å². The number of methoxy groups -OCH3 is 1. The minimum Gasteiger partial charge on any atom is -0.465 e. The number of ether oxygens (including phenoxy) is 1. The van der Waals surface area contributed by atoms with Crippen molar-refractivity contribution >= 4 is 34.5 Å². The molecule has 1 N–H and O–H groups in total. The number of carbonyl (C=O) groups is 3. The van der Waals surface area contributed by atoms with Gasteiger partial charge in [0.2, 0.25) is 11.8 Å². The smallest absolute Gasteiger partial charge is 0.337 e. The van der Waals surface area contributed by atoms with Crippen LogP contribution in [0.25, 0.3) is 11.0 Å². The molecule has 196 valence electrons. The van der Waals surface area contributed by atoms with E-state index < -0.39 is 35.2 Å². The highest BCUT2D eigenvalue weighted by molar-refractivity contribution is 6.02. The Bertz CT molecular complexity index is 1460. The number of esters is 1. The second-order valence-electron chi connectivity index (χ2n) is 9.73. The van der Waals surface area contributed by atoms with E-state index in [1.54, 1.807) is 24.3 Å². The highest BCUT2D eigenvalue weighted by Crippen LogP contribution is 2.30. The number of amides is 2. The molecule has 0 fully saturated rings. The molecule has 10 heteroatoms. The topological polar surface area (TPSA) is 106 Å². The number of para-hydroxylation sites is 1. The van der Waals surface area contributed by atoms with Gasteiger partial charge >= 0.3 is 5.97 Å². The Morgan fingerprint density at radius 1 is 1.00 bits per heavy atom. The summed E-state index contributed by atoms with van der Waals surface area (Å²) >= 11 is 0. The van der Waals surface area contributed by atoms with E-state index in [2.05, 4.69) is 15.6 Å². The lowest BCUT2D eigenvalue weighted by Crippen LogP contribution is -2.50. The van der Waals surface area contributed by atoms with Crippen LogP contribution in [0.2, 0.25) is 0 Å². The summed E-state index contributed by atoms with van der Waals surface area (Å²) in [6, 6.07) is 17.6. The molecule has 0 aliphatic heterocycles. The lowest BCUT2D eigenvalue weighted by atomic mass is 9.99. The summed E-state index contributed by atoms with van der Waals surface area (Å²) in [5.74, 6) is -1.94. The van der Waals surface area contributed by atoms with Crippen molar-refractivity contribution in [3.63, 3.8) is 0 Å². The molecular weight excluding hydrogens is 489 g/mol. The third kappa shape index (κ3) is 5.86. The van der Waals surface area contributed by atoms with E-state index in [1.807, 2.05) is 32.9 Å². The maximum absolute atomic E-state index is 13.9. The van der Waals surface area contributed by atoms with Crippen molar-refractivity contribution in [3.05, 3.63) is 89.7 Å². The summed E-state index contributed by atoms with van der Waals surface area (Å²) in [5.41, 5.74) is 1.71. The molecule has 0 aliphatic carbocycles. The van der Waals surface area contributed by atoms with Crippen LogP contribution in [0.15, 0.2) is 72.8 Å². The minimum atomic E-state index is -1.14. The Labute approximate surface area is 219 Å². The Balaban J connectivity index is 1.82. The molecule has 0 saturated heterocycles. The Kier molecular flexibility index (Phi) is 7.52. The lowest BCUT2D eigenvalue weighted by Gasteiger charge is -2.34. The van der Waals surface area contributed by atoms with Gasteiger partial charge in [-0.1, -0.05) is 29.5 Å². The van der Waals surface area contributed by atoms with E-state index in [1.165, 1.54) is 53.1 Å². The summed E-state index contributed by atoms with van der Waals surface area (Å²) in [6.07, 6.45) is 0. The number of hydrogen-bond donors (Lipinski definition) is 1. The van der Waals surface area contributed by atoms with Crippen LogP contribution in [0, 0.1) is 5.82 Å². The fourth-order valence-corrected chi connectivity index (χ4v) is 4.05. The van der Waals surface area contributed by atoms with E-state index in [9.17, 15) is 18.8 Å². The van der Waals surface area contributed by atoms with Crippen molar-refractivity contribution in [1.29, 1.82) is 0 Å². The number of carbonyl (C=O) groups excluding carboxylic acids is 3. The fraction of sp³-hybridized carbons (Fsp3) is 0.250. The predicted molar refractivity (Wildman–Crippen MR) is 140 cm³/mol. The second kappa shape index (κ2) is 10.8. The van der Waals surface area contributed by atoms with Crippen LogP contribution in [0.1, 0.15) is 42.7 Å². The quantitative estimate of drug-likeness (QED) is 0.371. The van der Waals surface area contributed by atoms with Crippen LogP contribution in [-0.4, -0.2) is 45.4 Å². The molecule has 4 rings (SSSR count). The van der Waals surface area contributed by atoms with Crippen molar-refractivity contribution in [2.45, 2.75) is 38.9 Å². The van der Waals surface area contributed by atoms with Crippen molar-refractivity contribution in [1.82, 2.24) is 20.3 Å². The molecule has 0 aliphatic rings. The van der Waals surface area contributed by atoms with Gasteiger partial charge in [0.25, 0.3) is 0 Å². The molecule has 0 spiro atoms. The van der Waals surface area contributed by atoms with Gasteiger partial charge in [-0.15, -0.1) is 5.10 Å². The van der Waals surface area contributed by atoms with Gasteiger partial charge in [-0.2, -0.15) is 0 Å². The van der Waals surface area contributed by atoms with Crippen LogP contribution in [-0.2, 0) is 20.9 Å². The molecule has 3 aromatic carbocycles. The van der Waals surface area contributed by atoms with Gasteiger partial charge in [-0.05, 0) is 74.9 Å². The number of hydrogen-bond acceptors (Lipinski definition) is 6. The first-order chi connectivity index (χ1) is 18.1. The number of fused-ring (bicyclic) bond motifs is 1. The number of rotatable bonds is 7. The van der Waals surface area contributed by atoms with Gasteiger partial charge in [-0.3, -0.25) is 14.5 Å². The standard InChI is InChI=1S/C28H28FN5O4/c1-28(2,3)30-26(36)25(18-9-11-19(12-10-18)27(37)38-4)34(21-15-13-20(29)14-16-21)24(35)17-33-23-8-6-5-7-22(23)31-32-33/h5-16,25H,17H2,1-4H3,(H,30,36). The predicted octanol–water partition coefficient (Wildman–Crippen LogP) is 4.05. The molecule has 0 radical (unpaired) electrons. The summed E-state index contributed by atoms with van der Waals surface area (Å²) in [4.78, 5) is 41.0.